The van der Waals surface area contributed by atoms with Gasteiger partial charge in [-0.2, -0.15) is 0 Å². The maximum atomic E-state index is 13.1. The van der Waals surface area contributed by atoms with E-state index in [2.05, 4.69) is 5.32 Å². The molecule has 0 saturated carbocycles. The van der Waals surface area contributed by atoms with Crippen LogP contribution in [0.5, 0.6) is 0 Å². The standard InChI is InChI=1S/C22H25FN2O5S/c1-15-5-8-17(22(27)30-2)12-20(15)24-21(26)18-4-3-11-25(13-18)31(28,29)14-16-6-9-19(23)10-7-16/h5-10,12,18H,3-4,11,13-14H2,1-2H3,(H,24,26)/t18-/m0/s1. The average molecular weight is 449 g/mol. The van der Waals surface area contributed by atoms with E-state index < -0.39 is 27.7 Å². The number of ether oxygens (including phenoxy) is 1. The highest BCUT2D eigenvalue weighted by Crippen LogP contribution is 2.24. The van der Waals surface area contributed by atoms with Crippen LogP contribution in [0.1, 0.15) is 34.3 Å². The van der Waals surface area contributed by atoms with Crippen LogP contribution in [0.15, 0.2) is 42.5 Å². The van der Waals surface area contributed by atoms with Gasteiger partial charge in [-0.15, -0.1) is 0 Å². The number of rotatable bonds is 6. The Hall–Kier alpha value is -2.78. The summed E-state index contributed by atoms with van der Waals surface area (Å²) in [5, 5.41) is 2.82. The van der Waals surface area contributed by atoms with Gasteiger partial charge in [0.05, 0.1) is 24.3 Å². The number of nitrogens with one attached hydrogen (secondary N) is 1. The largest absolute Gasteiger partial charge is 0.465 e. The fraction of sp³-hybridized carbons (Fsp3) is 0.364. The monoisotopic (exact) mass is 448 g/mol. The Bertz CT molecular complexity index is 1070. The third-order valence-corrected chi connectivity index (χ3v) is 7.14. The van der Waals surface area contributed by atoms with E-state index in [-0.39, 0.29) is 18.2 Å². The molecule has 1 aliphatic rings. The number of carbonyl (C=O) groups excluding carboxylic acids is 2. The van der Waals surface area contributed by atoms with Gasteiger partial charge >= 0.3 is 5.97 Å². The number of halogens is 1. The summed E-state index contributed by atoms with van der Waals surface area (Å²) in [5.41, 5.74) is 2.07. The molecule has 0 bridgehead atoms. The molecule has 9 heteroatoms. The molecular weight excluding hydrogens is 423 g/mol. The minimum atomic E-state index is -3.65. The molecule has 7 nitrogen and oxygen atoms in total. The zero-order chi connectivity index (χ0) is 22.6. The SMILES string of the molecule is COC(=O)c1ccc(C)c(NC(=O)[C@H]2CCCN(S(=O)(=O)Cc3ccc(F)cc3)C2)c1. The Kier molecular flexibility index (Phi) is 7.07. The van der Waals surface area contributed by atoms with Crippen molar-refractivity contribution in [2.45, 2.75) is 25.5 Å². The molecule has 1 fully saturated rings. The van der Waals surface area contributed by atoms with E-state index in [0.717, 1.165) is 5.56 Å². The van der Waals surface area contributed by atoms with E-state index in [0.29, 0.717) is 36.2 Å². The topological polar surface area (TPSA) is 92.8 Å². The molecule has 0 radical (unpaired) electrons. The van der Waals surface area contributed by atoms with E-state index in [4.69, 9.17) is 4.74 Å². The summed E-state index contributed by atoms with van der Waals surface area (Å²) in [6, 6.07) is 10.2. The predicted octanol–water partition coefficient (Wildman–Crippen LogP) is 3.10. The zero-order valence-electron chi connectivity index (χ0n) is 17.4. The lowest BCUT2D eigenvalue weighted by molar-refractivity contribution is -0.120. The van der Waals surface area contributed by atoms with Crippen molar-refractivity contribution in [1.82, 2.24) is 4.31 Å². The predicted molar refractivity (Wildman–Crippen MR) is 114 cm³/mol. The van der Waals surface area contributed by atoms with Crippen LogP contribution >= 0.6 is 0 Å². The first-order chi connectivity index (χ1) is 14.7. The maximum absolute atomic E-state index is 13.1. The molecule has 31 heavy (non-hydrogen) atoms. The van der Waals surface area contributed by atoms with Crippen LogP contribution in [0, 0.1) is 18.7 Å². The molecule has 1 amide bonds. The van der Waals surface area contributed by atoms with Gasteiger partial charge in [0.15, 0.2) is 0 Å². The molecule has 0 aliphatic carbocycles. The number of methoxy groups -OCH3 is 1. The van der Waals surface area contributed by atoms with Crippen LogP contribution in [-0.4, -0.2) is 44.8 Å². The number of aryl methyl sites for hydroxylation is 1. The lowest BCUT2D eigenvalue weighted by Crippen LogP contribution is -2.44. The first-order valence-electron chi connectivity index (χ1n) is 9.91. The van der Waals surface area contributed by atoms with E-state index in [1.807, 2.05) is 0 Å². The molecule has 1 aliphatic heterocycles. The van der Waals surface area contributed by atoms with Crippen molar-refractivity contribution >= 4 is 27.6 Å². The zero-order valence-corrected chi connectivity index (χ0v) is 18.2. The Balaban J connectivity index is 1.69. The van der Waals surface area contributed by atoms with E-state index >= 15 is 0 Å². The Morgan fingerprint density at radius 1 is 1.19 bits per heavy atom. The molecule has 3 rings (SSSR count). The number of sulfonamides is 1. The minimum absolute atomic E-state index is 0.0745. The van der Waals surface area contributed by atoms with Gasteiger partial charge in [-0.3, -0.25) is 4.79 Å². The molecule has 1 N–H and O–H groups in total. The van der Waals surface area contributed by atoms with E-state index in [1.54, 1.807) is 25.1 Å². The first-order valence-corrected chi connectivity index (χ1v) is 11.5. The highest BCUT2D eigenvalue weighted by molar-refractivity contribution is 7.88. The molecular formula is C22H25FN2O5S. The molecule has 0 unspecified atom stereocenters. The summed E-state index contributed by atoms with van der Waals surface area (Å²) in [7, 11) is -2.37. The molecule has 1 heterocycles. The van der Waals surface area contributed by atoms with Gasteiger partial charge in [-0.05, 0) is 55.2 Å². The second-order valence-corrected chi connectivity index (χ2v) is 9.56. The lowest BCUT2D eigenvalue weighted by Gasteiger charge is -2.31. The molecule has 166 valence electrons. The highest BCUT2D eigenvalue weighted by atomic mass is 32.2. The summed E-state index contributed by atoms with van der Waals surface area (Å²) >= 11 is 0. The number of carbonyl (C=O) groups is 2. The Morgan fingerprint density at radius 2 is 1.90 bits per heavy atom. The molecule has 2 aromatic rings. The quantitative estimate of drug-likeness (QED) is 0.686. The smallest absolute Gasteiger partial charge is 0.337 e. The fourth-order valence-electron chi connectivity index (χ4n) is 3.53. The lowest BCUT2D eigenvalue weighted by atomic mass is 9.98. The number of benzene rings is 2. The van der Waals surface area contributed by atoms with Gasteiger partial charge in [-0.1, -0.05) is 18.2 Å². The second-order valence-electron chi connectivity index (χ2n) is 7.59. The summed E-state index contributed by atoms with van der Waals surface area (Å²) in [6.45, 7) is 2.21. The van der Waals surface area contributed by atoms with Crippen molar-refractivity contribution < 1.29 is 27.1 Å². The summed E-state index contributed by atoms with van der Waals surface area (Å²) < 4.78 is 44.8. The van der Waals surface area contributed by atoms with Gasteiger partial charge in [-0.25, -0.2) is 21.9 Å². The maximum Gasteiger partial charge on any atom is 0.337 e. The van der Waals surface area contributed by atoms with Crippen molar-refractivity contribution in [2.24, 2.45) is 5.92 Å². The first kappa shape index (κ1) is 22.9. The van der Waals surface area contributed by atoms with Crippen LogP contribution in [0.4, 0.5) is 10.1 Å². The number of nitrogens with zero attached hydrogens (tertiary/aromatic N) is 1. The van der Waals surface area contributed by atoms with Crippen molar-refractivity contribution in [3.05, 3.63) is 65.0 Å². The minimum Gasteiger partial charge on any atom is -0.465 e. The number of esters is 1. The number of hydrogen-bond acceptors (Lipinski definition) is 5. The number of hydrogen-bond donors (Lipinski definition) is 1. The van der Waals surface area contributed by atoms with Crippen molar-refractivity contribution in [2.75, 3.05) is 25.5 Å². The van der Waals surface area contributed by atoms with Gasteiger partial charge in [0.25, 0.3) is 0 Å². The molecule has 1 saturated heterocycles. The van der Waals surface area contributed by atoms with Crippen LogP contribution < -0.4 is 5.32 Å². The fourth-order valence-corrected chi connectivity index (χ4v) is 5.14. The number of piperidine rings is 1. The number of amides is 1. The molecule has 1 atom stereocenters. The van der Waals surface area contributed by atoms with Gasteiger partial charge in [0, 0.05) is 18.8 Å². The van der Waals surface area contributed by atoms with E-state index in [1.165, 1.54) is 35.7 Å². The van der Waals surface area contributed by atoms with Crippen molar-refractivity contribution in [3.8, 4) is 0 Å². The average Bonchev–Trinajstić information content (AvgIpc) is 2.76. The second kappa shape index (κ2) is 9.57. The third kappa shape index (κ3) is 5.68. The van der Waals surface area contributed by atoms with Crippen LogP contribution in [0.25, 0.3) is 0 Å². The summed E-state index contributed by atoms with van der Waals surface area (Å²) in [4.78, 5) is 24.6. The summed E-state index contributed by atoms with van der Waals surface area (Å²) in [6.07, 6.45) is 1.12. The highest BCUT2D eigenvalue weighted by Gasteiger charge is 2.32. The van der Waals surface area contributed by atoms with Gasteiger partial charge in [0.1, 0.15) is 5.82 Å². The normalized spacial score (nSPS) is 17.2. The van der Waals surface area contributed by atoms with Crippen LogP contribution in [0.3, 0.4) is 0 Å². The Morgan fingerprint density at radius 3 is 2.58 bits per heavy atom. The van der Waals surface area contributed by atoms with Crippen molar-refractivity contribution in [1.29, 1.82) is 0 Å². The molecule has 0 spiro atoms. The number of anilines is 1. The van der Waals surface area contributed by atoms with Gasteiger partial charge in [0.2, 0.25) is 15.9 Å². The molecule has 0 aromatic heterocycles. The van der Waals surface area contributed by atoms with Crippen LogP contribution in [0.2, 0.25) is 0 Å². The van der Waals surface area contributed by atoms with E-state index in [9.17, 15) is 22.4 Å². The van der Waals surface area contributed by atoms with Crippen LogP contribution in [-0.2, 0) is 25.3 Å². The third-order valence-electron chi connectivity index (χ3n) is 5.33. The Labute approximate surface area is 181 Å². The van der Waals surface area contributed by atoms with Crippen molar-refractivity contribution in [3.63, 3.8) is 0 Å². The van der Waals surface area contributed by atoms with Gasteiger partial charge < -0.3 is 10.1 Å². The molecule has 2 aromatic carbocycles. The summed E-state index contributed by atoms with van der Waals surface area (Å²) in [5.74, 6) is -2.00.